The van der Waals surface area contributed by atoms with Gasteiger partial charge in [-0.2, -0.15) is 0 Å². The molecule has 0 radical (unpaired) electrons. The van der Waals surface area contributed by atoms with Crippen LogP contribution in [0, 0.1) is 6.92 Å². The number of carbonyl (C=O) groups is 2. The molecule has 1 aliphatic rings. The van der Waals surface area contributed by atoms with Crippen LogP contribution in [0.2, 0.25) is 0 Å². The maximum Gasteiger partial charge on any atom is 0.254 e. The highest BCUT2D eigenvalue weighted by atomic mass is 16.2. The van der Waals surface area contributed by atoms with Crippen LogP contribution < -0.4 is 5.32 Å². The number of benzene rings is 2. The zero-order valence-corrected chi connectivity index (χ0v) is 16.2. The van der Waals surface area contributed by atoms with Crippen LogP contribution >= 0.6 is 0 Å². The van der Waals surface area contributed by atoms with E-state index < -0.39 is 0 Å². The summed E-state index contributed by atoms with van der Waals surface area (Å²) in [5.41, 5.74) is 5.03. The van der Waals surface area contributed by atoms with Crippen molar-refractivity contribution in [3.63, 3.8) is 0 Å². The number of likely N-dealkylation sites (tertiary alicyclic amines) is 1. The summed E-state index contributed by atoms with van der Waals surface area (Å²) in [4.78, 5) is 31.1. The van der Waals surface area contributed by atoms with Crippen molar-refractivity contribution in [1.82, 2.24) is 9.88 Å². The third-order valence-electron chi connectivity index (χ3n) is 5.09. The molecule has 1 saturated heterocycles. The van der Waals surface area contributed by atoms with Crippen molar-refractivity contribution in [2.75, 3.05) is 18.4 Å². The number of aryl methyl sites for hydroxylation is 1. The fourth-order valence-corrected chi connectivity index (χ4v) is 3.68. The molecule has 1 aliphatic heterocycles. The van der Waals surface area contributed by atoms with Gasteiger partial charge in [0.05, 0.1) is 16.8 Å². The Kier molecular flexibility index (Phi) is 4.82. The summed E-state index contributed by atoms with van der Waals surface area (Å²) in [6.07, 6.45) is 2.12. The van der Waals surface area contributed by atoms with Crippen molar-refractivity contribution < 1.29 is 9.59 Å². The molecule has 2 heterocycles. The molecule has 4 rings (SSSR count). The van der Waals surface area contributed by atoms with Crippen molar-refractivity contribution >= 4 is 28.4 Å². The van der Waals surface area contributed by atoms with Gasteiger partial charge in [-0.05, 0) is 50.1 Å². The van der Waals surface area contributed by atoms with Crippen molar-refractivity contribution in [1.29, 1.82) is 0 Å². The van der Waals surface area contributed by atoms with Crippen LogP contribution in [0.1, 0.15) is 35.7 Å². The van der Waals surface area contributed by atoms with Gasteiger partial charge in [0.1, 0.15) is 0 Å². The van der Waals surface area contributed by atoms with Gasteiger partial charge < -0.3 is 10.2 Å². The third kappa shape index (κ3) is 3.60. The SMILES string of the molecule is CC(=O)Nc1ccc(-c2cc(C(=O)N3CCCC3)c3cc(C)ccc3n2)cc1. The number of amides is 2. The molecule has 0 saturated carbocycles. The Labute approximate surface area is 164 Å². The Morgan fingerprint density at radius 1 is 1.00 bits per heavy atom. The summed E-state index contributed by atoms with van der Waals surface area (Å²) >= 11 is 0. The largest absolute Gasteiger partial charge is 0.339 e. The van der Waals surface area contributed by atoms with E-state index in [2.05, 4.69) is 5.32 Å². The highest BCUT2D eigenvalue weighted by molar-refractivity contribution is 6.07. The van der Waals surface area contributed by atoms with Gasteiger partial charge in [0.2, 0.25) is 5.91 Å². The van der Waals surface area contributed by atoms with E-state index in [1.165, 1.54) is 6.92 Å². The second kappa shape index (κ2) is 7.43. The topological polar surface area (TPSA) is 62.3 Å². The Morgan fingerprint density at radius 2 is 1.71 bits per heavy atom. The highest BCUT2D eigenvalue weighted by Crippen LogP contribution is 2.28. The van der Waals surface area contributed by atoms with Crippen LogP contribution in [-0.2, 0) is 4.79 Å². The minimum absolute atomic E-state index is 0.0756. The number of nitrogens with zero attached hydrogens (tertiary/aromatic N) is 2. The maximum absolute atomic E-state index is 13.2. The molecule has 2 aromatic carbocycles. The number of rotatable bonds is 3. The number of carbonyl (C=O) groups excluding carboxylic acids is 2. The van der Waals surface area contributed by atoms with E-state index in [1.807, 2.05) is 60.4 Å². The van der Waals surface area contributed by atoms with Gasteiger partial charge in [-0.3, -0.25) is 9.59 Å². The predicted molar refractivity (Wildman–Crippen MR) is 111 cm³/mol. The van der Waals surface area contributed by atoms with E-state index in [0.717, 1.165) is 59.3 Å². The summed E-state index contributed by atoms with van der Waals surface area (Å²) in [7, 11) is 0. The van der Waals surface area contributed by atoms with Crippen LogP contribution in [0.4, 0.5) is 5.69 Å². The van der Waals surface area contributed by atoms with E-state index >= 15 is 0 Å². The Balaban J connectivity index is 1.80. The van der Waals surface area contributed by atoms with Gasteiger partial charge in [0.15, 0.2) is 0 Å². The molecule has 3 aromatic rings. The molecule has 1 N–H and O–H groups in total. The molecule has 5 heteroatoms. The lowest BCUT2D eigenvalue weighted by molar-refractivity contribution is -0.114. The first kappa shape index (κ1) is 18.2. The normalized spacial score (nSPS) is 13.7. The average Bonchev–Trinajstić information content (AvgIpc) is 3.21. The number of hydrogen-bond donors (Lipinski definition) is 1. The predicted octanol–water partition coefficient (Wildman–Crippen LogP) is 4.40. The molecule has 1 fully saturated rings. The second-order valence-electron chi connectivity index (χ2n) is 7.33. The molecule has 5 nitrogen and oxygen atoms in total. The third-order valence-corrected chi connectivity index (χ3v) is 5.09. The molecule has 1 aromatic heterocycles. The maximum atomic E-state index is 13.2. The molecule has 142 valence electrons. The van der Waals surface area contributed by atoms with E-state index in [0.29, 0.717) is 5.56 Å². The van der Waals surface area contributed by atoms with Gasteiger partial charge in [-0.15, -0.1) is 0 Å². The van der Waals surface area contributed by atoms with E-state index in [1.54, 1.807) is 0 Å². The minimum atomic E-state index is -0.106. The molecule has 0 atom stereocenters. The summed E-state index contributed by atoms with van der Waals surface area (Å²) in [5, 5.41) is 3.66. The van der Waals surface area contributed by atoms with Crippen LogP contribution in [0.3, 0.4) is 0 Å². The molecular formula is C23H23N3O2. The van der Waals surface area contributed by atoms with Crippen LogP contribution in [0.15, 0.2) is 48.5 Å². The summed E-state index contributed by atoms with van der Waals surface area (Å²) in [5.74, 6) is -0.0305. The monoisotopic (exact) mass is 373 g/mol. The Morgan fingerprint density at radius 3 is 2.39 bits per heavy atom. The lowest BCUT2D eigenvalue weighted by atomic mass is 10.0. The zero-order valence-electron chi connectivity index (χ0n) is 16.2. The van der Waals surface area contributed by atoms with Gasteiger partial charge >= 0.3 is 0 Å². The molecule has 0 unspecified atom stereocenters. The van der Waals surface area contributed by atoms with Crippen molar-refractivity contribution in [2.24, 2.45) is 0 Å². The van der Waals surface area contributed by atoms with Crippen molar-refractivity contribution in [2.45, 2.75) is 26.7 Å². The first-order chi connectivity index (χ1) is 13.5. The molecule has 0 bridgehead atoms. The van der Waals surface area contributed by atoms with Gasteiger partial charge in [-0.1, -0.05) is 23.8 Å². The average molecular weight is 373 g/mol. The van der Waals surface area contributed by atoms with Gasteiger partial charge in [-0.25, -0.2) is 4.98 Å². The molecular weight excluding hydrogens is 350 g/mol. The number of nitrogens with one attached hydrogen (secondary N) is 1. The first-order valence-corrected chi connectivity index (χ1v) is 9.60. The highest BCUT2D eigenvalue weighted by Gasteiger charge is 2.22. The fraction of sp³-hybridized carbons (Fsp3) is 0.261. The standard InChI is InChI=1S/C23H23N3O2/c1-15-5-10-21-19(13-15)20(23(28)26-11-3-4-12-26)14-22(25-21)17-6-8-18(9-7-17)24-16(2)27/h5-10,13-14H,3-4,11-12H2,1-2H3,(H,24,27). The summed E-state index contributed by atoms with van der Waals surface area (Å²) in [6.45, 7) is 5.14. The second-order valence-corrected chi connectivity index (χ2v) is 7.33. The van der Waals surface area contributed by atoms with E-state index in [9.17, 15) is 9.59 Å². The van der Waals surface area contributed by atoms with Crippen molar-refractivity contribution in [3.8, 4) is 11.3 Å². The first-order valence-electron chi connectivity index (χ1n) is 9.60. The smallest absolute Gasteiger partial charge is 0.254 e. The van der Waals surface area contributed by atoms with Crippen LogP contribution in [-0.4, -0.2) is 34.8 Å². The number of hydrogen-bond acceptors (Lipinski definition) is 3. The molecule has 28 heavy (non-hydrogen) atoms. The lowest BCUT2D eigenvalue weighted by Crippen LogP contribution is -2.27. The van der Waals surface area contributed by atoms with Gasteiger partial charge in [0.25, 0.3) is 5.91 Å². The minimum Gasteiger partial charge on any atom is -0.339 e. The molecule has 0 aliphatic carbocycles. The zero-order chi connectivity index (χ0) is 19.7. The van der Waals surface area contributed by atoms with Crippen LogP contribution in [0.25, 0.3) is 22.2 Å². The van der Waals surface area contributed by atoms with Gasteiger partial charge in [0, 0.05) is 36.7 Å². The lowest BCUT2D eigenvalue weighted by Gasteiger charge is -2.18. The number of fused-ring (bicyclic) bond motifs is 1. The summed E-state index contributed by atoms with van der Waals surface area (Å²) < 4.78 is 0. The number of aromatic nitrogens is 1. The number of pyridine rings is 1. The van der Waals surface area contributed by atoms with Crippen molar-refractivity contribution in [3.05, 3.63) is 59.7 Å². The Bertz CT molecular complexity index is 1050. The Hall–Kier alpha value is -3.21. The summed E-state index contributed by atoms with van der Waals surface area (Å²) in [6, 6.07) is 15.4. The van der Waals surface area contributed by atoms with E-state index in [4.69, 9.17) is 4.98 Å². The fourth-order valence-electron chi connectivity index (χ4n) is 3.68. The van der Waals surface area contributed by atoms with Crippen LogP contribution in [0.5, 0.6) is 0 Å². The molecule has 0 spiro atoms. The number of anilines is 1. The quantitative estimate of drug-likeness (QED) is 0.740. The van der Waals surface area contributed by atoms with E-state index in [-0.39, 0.29) is 11.8 Å². The molecule has 2 amide bonds.